The zero-order chi connectivity index (χ0) is 20.0. The normalized spacial score (nSPS) is 26.6. The van der Waals surface area contributed by atoms with Gasteiger partial charge in [0.05, 0.1) is 6.10 Å². The van der Waals surface area contributed by atoms with Gasteiger partial charge in [-0.2, -0.15) is 0 Å². The molecule has 1 unspecified atom stereocenters. The summed E-state index contributed by atoms with van der Waals surface area (Å²) in [6.45, 7) is 9.62. The van der Waals surface area contributed by atoms with Crippen molar-refractivity contribution >= 4 is 17.7 Å². The van der Waals surface area contributed by atoms with Crippen molar-refractivity contribution in [1.82, 2.24) is 0 Å². The van der Waals surface area contributed by atoms with E-state index in [1.54, 1.807) is 30.8 Å². The Morgan fingerprint density at radius 1 is 1.31 bits per heavy atom. The predicted octanol–water partition coefficient (Wildman–Crippen LogP) is 4.68. The second kappa shape index (κ2) is 9.77. The number of unbranched alkanes of at least 4 members (excludes halogenated alkanes) is 3. The molecule has 148 valence electrons. The first kappa shape index (κ1) is 23.0. The minimum atomic E-state index is -1.22. The van der Waals surface area contributed by atoms with Crippen LogP contribution in [-0.4, -0.2) is 38.7 Å². The minimum absolute atomic E-state index is 0.462. The Bertz CT molecular complexity index is 589. The van der Waals surface area contributed by atoms with E-state index in [1.165, 1.54) is 19.3 Å². The Labute approximate surface area is 162 Å². The number of thioether (sulfide) groups is 1. The summed E-state index contributed by atoms with van der Waals surface area (Å²) in [5.74, 6) is -0.0740. The van der Waals surface area contributed by atoms with Crippen LogP contribution in [0.15, 0.2) is 34.3 Å². The van der Waals surface area contributed by atoms with Crippen LogP contribution in [0, 0.1) is 5.41 Å². The van der Waals surface area contributed by atoms with Crippen LogP contribution in [0.4, 0.5) is 0 Å². The first-order chi connectivity index (χ1) is 12.0. The Hall–Kier alpha value is -1.04. The van der Waals surface area contributed by atoms with Gasteiger partial charge in [-0.3, -0.25) is 0 Å². The lowest BCUT2D eigenvalue weighted by Gasteiger charge is -2.48. The van der Waals surface area contributed by atoms with Crippen molar-refractivity contribution in [3.05, 3.63) is 34.3 Å². The molecule has 0 aromatic heterocycles. The van der Waals surface area contributed by atoms with E-state index in [0.717, 1.165) is 28.7 Å². The second-order valence-electron chi connectivity index (χ2n) is 7.83. The molecule has 4 nitrogen and oxygen atoms in total. The van der Waals surface area contributed by atoms with Gasteiger partial charge < -0.3 is 15.3 Å². The van der Waals surface area contributed by atoms with Crippen LogP contribution in [0.25, 0.3) is 0 Å². The van der Waals surface area contributed by atoms with Crippen molar-refractivity contribution in [3.63, 3.8) is 0 Å². The molecular weight excluding hydrogens is 348 g/mol. The first-order valence-electron chi connectivity index (χ1n) is 9.40. The lowest BCUT2D eigenvalue weighted by molar-refractivity contribution is -0.131. The Kier molecular flexibility index (Phi) is 8.64. The van der Waals surface area contributed by atoms with Crippen molar-refractivity contribution in [2.45, 2.75) is 78.4 Å². The fraction of sp³-hybridized carbons (Fsp3) is 0.667. The molecule has 2 atom stereocenters. The largest absolute Gasteiger partial charge is 0.478 e. The van der Waals surface area contributed by atoms with Crippen LogP contribution >= 0.6 is 11.8 Å². The Morgan fingerprint density at radius 2 is 1.96 bits per heavy atom. The van der Waals surface area contributed by atoms with E-state index >= 15 is 0 Å². The molecule has 1 aliphatic rings. The summed E-state index contributed by atoms with van der Waals surface area (Å²) >= 11 is 1.64. The van der Waals surface area contributed by atoms with Crippen molar-refractivity contribution in [2.24, 2.45) is 5.41 Å². The van der Waals surface area contributed by atoms with Crippen LogP contribution in [0.2, 0.25) is 0 Å². The molecule has 0 aromatic rings. The van der Waals surface area contributed by atoms with Gasteiger partial charge in [0, 0.05) is 16.4 Å². The van der Waals surface area contributed by atoms with Crippen molar-refractivity contribution < 1.29 is 20.1 Å². The van der Waals surface area contributed by atoms with Gasteiger partial charge in [-0.05, 0) is 49.7 Å². The molecule has 5 heteroatoms. The second-order valence-corrected chi connectivity index (χ2v) is 8.97. The Morgan fingerprint density at radius 3 is 2.54 bits per heavy atom. The third-order valence-corrected chi connectivity index (χ3v) is 6.56. The number of carboxylic acid groups (broad SMARTS) is 1. The highest BCUT2D eigenvalue weighted by atomic mass is 32.2. The van der Waals surface area contributed by atoms with Crippen LogP contribution in [0.1, 0.15) is 66.7 Å². The summed E-state index contributed by atoms with van der Waals surface area (Å²) in [4.78, 5) is 11.7. The van der Waals surface area contributed by atoms with Crippen molar-refractivity contribution in [1.29, 1.82) is 0 Å². The molecule has 0 saturated heterocycles. The third kappa shape index (κ3) is 5.73. The minimum Gasteiger partial charge on any atom is -0.478 e. The average molecular weight is 383 g/mol. The lowest BCUT2D eigenvalue weighted by atomic mass is 9.64. The molecule has 0 aromatic carbocycles. The molecule has 0 heterocycles. The summed E-state index contributed by atoms with van der Waals surface area (Å²) in [6, 6.07) is 0. The molecule has 0 aliphatic heterocycles. The molecule has 1 aliphatic carbocycles. The zero-order valence-electron chi connectivity index (χ0n) is 16.7. The molecule has 0 radical (unpaired) electrons. The first-order valence-corrected chi connectivity index (χ1v) is 10.4. The molecule has 0 bridgehead atoms. The maximum absolute atomic E-state index is 11.4. The standard InChI is InChI=1S/C21H34O4S/c1-6-7-8-9-12-26-19-16(3)21(25,20(4,5)14-17(19)22)11-10-15(2)13-18(23)24/h10-11,13,17,22,25H,6-9,12,14H2,1-5H3,(H,23,24)/b11-10+,15-13-/t17?,21-/m1/s1. The number of aliphatic hydroxyl groups is 2. The molecule has 0 spiro atoms. The highest BCUT2D eigenvalue weighted by Crippen LogP contribution is 2.50. The lowest BCUT2D eigenvalue weighted by Crippen LogP contribution is -2.50. The van der Waals surface area contributed by atoms with Crippen LogP contribution in [0.3, 0.4) is 0 Å². The maximum atomic E-state index is 11.4. The summed E-state index contributed by atoms with van der Waals surface area (Å²) < 4.78 is 0. The van der Waals surface area contributed by atoms with Crippen LogP contribution in [0.5, 0.6) is 0 Å². The highest BCUT2D eigenvalue weighted by molar-refractivity contribution is 8.03. The van der Waals surface area contributed by atoms with Gasteiger partial charge in [0.2, 0.25) is 0 Å². The number of hydrogen-bond donors (Lipinski definition) is 3. The van der Waals surface area contributed by atoms with Crippen molar-refractivity contribution in [3.8, 4) is 0 Å². The van der Waals surface area contributed by atoms with E-state index in [4.69, 9.17) is 5.11 Å². The molecule has 0 saturated carbocycles. The zero-order valence-corrected chi connectivity index (χ0v) is 17.5. The van der Waals surface area contributed by atoms with E-state index in [2.05, 4.69) is 6.92 Å². The van der Waals surface area contributed by atoms with Gasteiger partial charge in [0.25, 0.3) is 0 Å². The number of allylic oxidation sites excluding steroid dienone is 2. The highest BCUT2D eigenvalue weighted by Gasteiger charge is 2.49. The summed E-state index contributed by atoms with van der Waals surface area (Å²) in [5, 5.41) is 30.9. The summed E-state index contributed by atoms with van der Waals surface area (Å²) in [5.41, 5.74) is -0.440. The van der Waals surface area contributed by atoms with E-state index < -0.39 is 23.1 Å². The van der Waals surface area contributed by atoms with E-state index in [0.29, 0.717) is 12.0 Å². The number of aliphatic hydroxyl groups excluding tert-OH is 1. The van der Waals surface area contributed by atoms with Gasteiger partial charge in [0.15, 0.2) is 0 Å². The molecule has 26 heavy (non-hydrogen) atoms. The molecule has 0 amide bonds. The molecule has 1 rings (SSSR count). The predicted molar refractivity (Wildman–Crippen MR) is 109 cm³/mol. The van der Waals surface area contributed by atoms with Gasteiger partial charge in [0.1, 0.15) is 5.60 Å². The van der Waals surface area contributed by atoms with Crippen LogP contribution < -0.4 is 0 Å². The molecule has 3 N–H and O–H groups in total. The summed E-state index contributed by atoms with van der Waals surface area (Å²) in [6.07, 6.45) is 9.04. The third-order valence-electron chi connectivity index (χ3n) is 5.17. The monoisotopic (exact) mass is 382 g/mol. The summed E-state index contributed by atoms with van der Waals surface area (Å²) in [7, 11) is 0. The Balaban J connectivity index is 3.08. The fourth-order valence-electron chi connectivity index (χ4n) is 3.44. The maximum Gasteiger partial charge on any atom is 0.328 e. The van der Waals surface area contributed by atoms with Gasteiger partial charge >= 0.3 is 5.97 Å². The number of hydrogen-bond acceptors (Lipinski definition) is 4. The quantitative estimate of drug-likeness (QED) is 0.306. The van der Waals surface area contributed by atoms with Crippen molar-refractivity contribution in [2.75, 3.05) is 5.75 Å². The fourth-order valence-corrected chi connectivity index (χ4v) is 4.65. The van der Waals surface area contributed by atoms with E-state index in [9.17, 15) is 15.0 Å². The molecular formula is C21H34O4S. The van der Waals surface area contributed by atoms with Crippen LogP contribution in [-0.2, 0) is 4.79 Å². The topological polar surface area (TPSA) is 77.8 Å². The van der Waals surface area contributed by atoms with Gasteiger partial charge in [-0.15, -0.1) is 11.8 Å². The molecule has 0 fully saturated rings. The number of carbonyl (C=O) groups is 1. The van der Waals surface area contributed by atoms with Gasteiger partial charge in [-0.25, -0.2) is 4.79 Å². The van der Waals surface area contributed by atoms with Gasteiger partial charge in [-0.1, -0.05) is 46.1 Å². The van der Waals surface area contributed by atoms with E-state index in [1.807, 2.05) is 20.8 Å². The number of rotatable bonds is 9. The number of carboxylic acids is 1. The van der Waals surface area contributed by atoms with E-state index in [-0.39, 0.29) is 0 Å². The average Bonchev–Trinajstić information content (AvgIpc) is 2.53. The number of aliphatic carboxylic acids is 1. The SMILES string of the molecule is CCCCCCSC1=C(C)[C@](O)(/C=C/C(C)=C\C(=O)O)C(C)(C)CC1O. The smallest absolute Gasteiger partial charge is 0.328 e.